The topological polar surface area (TPSA) is 192 Å². The van der Waals surface area contributed by atoms with Gasteiger partial charge in [0.25, 0.3) is 0 Å². The Balaban J connectivity index is 4.57. The van der Waals surface area contributed by atoms with E-state index >= 15 is 0 Å². The number of aliphatic hydroxyl groups is 1. The highest BCUT2D eigenvalue weighted by Crippen LogP contribution is 2.43. The van der Waals surface area contributed by atoms with Crippen molar-refractivity contribution in [3.63, 3.8) is 0 Å². The third-order valence-electron chi connectivity index (χ3n) is 9.03. The minimum absolute atomic E-state index is 0.0721. The SMILES string of the molecule is CCCCC/C=C\C/C=C\C/C=C\C=C\[C@H](O)CCCC(=O)O[C@H](COC(=O)CCCCCCCCC/C=C\C/C=C\CCCCC)COP(=O)(O)OC[C@H](N)C(=O)O. The maximum atomic E-state index is 12.6. The number of carbonyl (C=O) groups is 3. The van der Waals surface area contributed by atoms with Crippen LogP contribution >= 0.6 is 7.82 Å². The molecule has 0 bridgehead atoms. The smallest absolute Gasteiger partial charge is 0.472 e. The average molecular weight is 852 g/mol. The summed E-state index contributed by atoms with van der Waals surface area (Å²) in [7, 11) is -4.78. The van der Waals surface area contributed by atoms with E-state index in [1.807, 2.05) is 12.2 Å². The fraction of sp³-hybridized carbons (Fsp3) is 0.674. The molecule has 338 valence electrons. The summed E-state index contributed by atoms with van der Waals surface area (Å²) in [6.07, 6.45) is 44.2. The van der Waals surface area contributed by atoms with E-state index < -0.39 is 63.8 Å². The maximum Gasteiger partial charge on any atom is 0.472 e. The molecule has 0 radical (unpaired) electrons. The Morgan fingerprint density at radius 1 is 0.610 bits per heavy atom. The highest BCUT2D eigenvalue weighted by atomic mass is 31.2. The molecule has 0 aliphatic heterocycles. The van der Waals surface area contributed by atoms with E-state index in [-0.39, 0.29) is 19.3 Å². The summed E-state index contributed by atoms with van der Waals surface area (Å²) in [4.78, 5) is 46.0. The Kier molecular flexibility index (Phi) is 38.2. The molecule has 0 saturated carbocycles. The summed E-state index contributed by atoms with van der Waals surface area (Å²) in [5, 5.41) is 19.2. The number of phosphoric acid groups is 1. The van der Waals surface area contributed by atoms with Crippen molar-refractivity contribution in [1.82, 2.24) is 0 Å². The molecule has 5 N–H and O–H groups in total. The Labute approximate surface area is 355 Å². The van der Waals surface area contributed by atoms with Crippen LogP contribution in [0.25, 0.3) is 0 Å². The van der Waals surface area contributed by atoms with E-state index in [4.69, 9.17) is 24.8 Å². The second-order valence-electron chi connectivity index (χ2n) is 14.7. The Hall–Kier alpha value is -3.12. The Morgan fingerprint density at radius 2 is 1.10 bits per heavy atom. The molecule has 0 spiro atoms. The van der Waals surface area contributed by atoms with Crippen molar-refractivity contribution in [1.29, 1.82) is 0 Å². The number of hydrogen-bond acceptors (Lipinski definition) is 10. The first-order valence-electron chi connectivity index (χ1n) is 22.1. The van der Waals surface area contributed by atoms with Gasteiger partial charge in [0, 0.05) is 12.8 Å². The summed E-state index contributed by atoms with van der Waals surface area (Å²) >= 11 is 0. The monoisotopic (exact) mass is 852 g/mol. The minimum Gasteiger partial charge on any atom is -0.480 e. The van der Waals surface area contributed by atoms with Gasteiger partial charge in [0.15, 0.2) is 6.10 Å². The normalized spacial score (nSPS) is 14.9. The molecular formula is C46H78NO11P. The number of esters is 2. The number of hydrogen-bond donors (Lipinski definition) is 4. The second kappa shape index (κ2) is 40.3. The van der Waals surface area contributed by atoms with Crippen molar-refractivity contribution < 1.29 is 52.6 Å². The number of aliphatic carboxylic acids is 1. The molecule has 13 heteroatoms. The van der Waals surface area contributed by atoms with E-state index in [1.54, 1.807) is 12.2 Å². The van der Waals surface area contributed by atoms with Crippen LogP contribution in [-0.2, 0) is 37.5 Å². The van der Waals surface area contributed by atoms with Gasteiger partial charge in [-0.05, 0) is 77.0 Å². The van der Waals surface area contributed by atoms with Crippen molar-refractivity contribution in [3.8, 4) is 0 Å². The predicted octanol–water partition coefficient (Wildman–Crippen LogP) is 10.7. The van der Waals surface area contributed by atoms with Gasteiger partial charge in [-0.3, -0.25) is 23.4 Å². The molecule has 0 rings (SSSR count). The summed E-state index contributed by atoms with van der Waals surface area (Å²) in [5.41, 5.74) is 5.32. The number of aliphatic hydroxyl groups excluding tert-OH is 1. The number of phosphoric ester groups is 1. The van der Waals surface area contributed by atoms with E-state index in [2.05, 4.69) is 67.0 Å². The lowest BCUT2D eigenvalue weighted by Crippen LogP contribution is -2.34. The van der Waals surface area contributed by atoms with E-state index in [0.717, 1.165) is 57.8 Å². The van der Waals surface area contributed by atoms with Gasteiger partial charge in [0.1, 0.15) is 12.6 Å². The van der Waals surface area contributed by atoms with Crippen LogP contribution in [0.2, 0.25) is 0 Å². The summed E-state index contributed by atoms with van der Waals surface area (Å²) in [5.74, 6) is -2.62. The van der Waals surface area contributed by atoms with Gasteiger partial charge in [-0.1, -0.05) is 145 Å². The van der Waals surface area contributed by atoms with Crippen LogP contribution < -0.4 is 5.73 Å². The molecule has 0 fully saturated rings. The average Bonchev–Trinajstić information content (AvgIpc) is 3.20. The highest BCUT2D eigenvalue weighted by Gasteiger charge is 2.28. The first-order valence-corrected chi connectivity index (χ1v) is 23.6. The van der Waals surface area contributed by atoms with Gasteiger partial charge in [0.05, 0.1) is 19.3 Å². The zero-order valence-corrected chi connectivity index (χ0v) is 37.1. The van der Waals surface area contributed by atoms with Crippen LogP contribution in [0.3, 0.4) is 0 Å². The van der Waals surface area contributed by atoms with E-state index in [9.17, 15) is 28.9 Å². The number of rotatable bonds is 40. The van der Waals surface area contributed by atoms with Gasteiger partial charge in [-0.25, -0.2) is 4.57 Å². The molecule has 0 aromatic rings. The van der Waals surface area contributed by atoms with Crippen LogP contribution in [0.15, 0.2) is 72.9 Å². The molecule has 0 aromatic heterocycles. The molecular weight excluding hydrogens is 773 g/mol. The highest BCUT2D eigenvalue weighted by molar-refractivity contribution is 7.47. The maximum absolute atomic E-state index is 12.6. The molecule has 0 aromatic carbocycles. The quantitative estimate of drug-likeness (QED) is 0.0150. The number of carboxylic acids is 1. The Bertz CT molecular complexity index is 1290. The fourth-order valence-corrected chi connectivity index (χ4v) is 6.27. The van der Waals surface area contributed by atoms with Crippen LogP contribution in [0.5, 0.6) is 0 Å². The van der Waals surface area contributed by atoms with Gasteiger partial charge in [-0.15, -0.1) is 0 Å². The van der Waals surface area contributed by atoms with Gasteiger partial charge < -0.3 is 30.3 Å². The number of allylic oxidation sites excluding steroid dienone is 11. The lowest BCUT2D eigenvalue weighted by molar-refractivity contribution is -0.161. The molecule has 0 saturated heterocycles. The van der Waals surface area contributed by atoms with Gasteiger partial charge >= 0.3 is 25.7 Å². The van der Waals surface area contributed by atoms with Gasteiger partial charge in [0.2, 0.25) is 0 Å². The number of carboxylic acid groups (broad SMARTS) is 1. The molecule has 1 unspecified atom stereocenters. The number of ether oxygens (including phenoxy) is 2. The predicted molar refractivity (Wildman–Crippen MR) is 237 cm³/mol. The van der Waals surface area contributed by atoms with Crippen LogP contribution in [0.4, 0.5) is 0 Å². The number of nitrogens with two attached hydrogens (primary N) is 1. The first-order chi connectivity index (χ1) is 28.5. The van der Waals surface area contributed by atoms with Crippen LogP contribution in [0, 0.1) is 0 Å². The zero-order chi connectivity index (χ0) is 43.7. The van der Waals surface area contributed by atoms with Crippen LogP contribution in [-0.4, -0.2) is 71.1 Å². The molecule has 0 aliphatic rings. The number of unbranched alkanes of at least 4 members (excludes halogenated alkanes) is 13. The molecule has 59 heavy (non-hydrogen) atoms. The third-order valence-corrected chi connectivity index (χ3v) is 9.98. The third kappa shape index (κ3) is 40.1. The largest absolute Gasteiger partial charge is 0.480 e. The molecule has 4 atom stereocenters. The van der Waals surface area contributed by atoms with Crippen LogP contribution in [0.1, 0.15) is 162 Å². The molecule has 0 heterocycles. The van der Waals surface area contributed by atoms with E-state index in [0.29, 0.717) is 12.8 Å². The van der Waals surface area contributed by atoms with Crippen molar-refractivity contribution in [2.75, 3.05) is 19.8 Å². The van der Waals surface area contributed by atoms with Gasteiger partial charge in [-0.2, -0.15) is 0 Å². The van der Waals surface area contributed by atoms with Crippen molar-refractivity contribution in [2.24, 2.45) is 5.73 Å². The second-order valence-corrected chi connectivity index (χ2v) is 16.1. The van der Waals surface area contributed by atoms with E-state index in [1.165, 1.54) is 57.8 Å². The van der Waals surface area contributed by atoms with Crippen molar-refractivity contribution >= 4 is 25.7 Å². The number of carbonyl (C=O) groups excluding carboxylic acids is 2. The Morgan fingerprint density at radius 3 is 1.68 bits per heavy atom. The molecule has 0 amide bonds. The summed E-state index contributed by atoms with van der Waals surface area (Å²) in [6.45, 7) is 2.53. The standard InChI is InChI=1S/C46H78NO11P/c1-3-5-7-9-11-13-15-17-18-19-20-22-24-26-28-30-32-36-44(49)55-38-42(39-56-59(53,54)57-40-43(47)46(51)52)58-45(50)37-33-35-41(48)34-31-29-27-25-23-21-16-14-12-10-8-6-4-2/h11-14,17-18,21,23,27,29,31,34,41-43,48H,3-10,15-16,19-20,22,24-26,28,30,32-33,35-40,47H2,1-2H3,(H,51,52)(H,53,54)/b13-11-,14-12-,18-17-,23-21-,29-27-,34-31+/t41-,42+,43-/m0/s1. The molecule has 12 nitrogen and oxygen atoms in total. The zero-order valence-electron chi connectivity index (χ0n) is 36.2. The summed E-state index contributed by atoms with van der Waals surface area (Å²) < 4.78 is 32.5. The minimum atomic E-state index is -4.78. The summed E-state index contributed by atoms with van der Waals surface area (Å²) in [6, 6.07) is -1.56. The fourth-order valence-electron chi connectivity index (χ4n) is 5.49. The lowest BCUT2D eigenvalue weighted by atomic mass is 10.1. The lowest BCUT2D eigenvalue weighted by Gasteiger charge is -2.20. The van der Waals surface area contributed by atoms with Crippen molar-refractivity contribution in [3.05, 3.63) is 72.9 Å². The molecule has 0 aliphatic carbocycles. The van der Waals surface area contributed by atoms with Crippen molar-refractivity contribution in [2.45, 2.75) is 180 Å². The first kappa shape index (κ1) is 55.9.